The second-order valence-corrected chi connectivity index (χ2v) is 6.48. The number of aromatic hydroxyl groups is 2. The van der Waals surface area contributed by atoms with Crippen LogP contribution in [0.2, 0.25) is 0 Å². The zero-order chi connectivity index (χ0) is 15.5. The summed E-state index contributed by atoms with van der Waals surface area (Å²) >= 11 is 1.59. The summed E-state index contributed by atoms with van der Waals surface area (Å²) in [6.45, 7) is 2.73. The lowest BCUT2D eigenvalue weighted by Crippen LogP contribution is -2.26. The summed E-state index contributed by atoms with van der Waals surface area (Å²) in [4.78, 5) is 8.03. The van der Waals surface area contributed by atoms with Gasteiger partial charge in [0.15, 0.2) is 5.13 Å². The van der Waals surface area contributed by atoms with Crippen molar-refractivity contribution in [3.63, 3.8) is 0 Å². The monoisotopic (exact) mass is 317 g/mol. The molecule has 1 aliphatic heterocycles. The van der Waals surface area contributed by atoms with Crippen molar-refractivity contribution >= 4 is 22.5 Å². The van der Waals surface area contributed by atoms with E-state index in [1.807, 2.05) is 12.2 Å². The van der Waals surface area contributed by atoms with E-state index in [4.69, 9.17) is 5.73 Å². The highest BCUT2D eigenvalue weighted by Crippen LogP contribution is 2.25. The largest absolute Gasteiger partial charge is 0.508 e. The molecule has 0 spiro atoms. The van der Waals surface area contributed by atoms with Crippen LogP contribution in [0.4, 0.5) is 5.13 Å². The van der Waals surface area contributed by atoms with Crippen molar-refractivity contribution < 1.29 is 10.2 Å². The zero-order valence-corrected chi connectivity index (χ0v) is 13.0. The minimum Gasteiger partial charge on any atom is -0.508 e. The molecule has 0 radical (unpaired) electrons. The van der Waals surface area contributed by atoms with Gasteiger partial charge < -0.3 is 15.9 Å². The fraction of sp³-hybridized carbons (Fsp3) is 0.312. The van der Waals surface area contributed by atoms with Gasteiger partial charge in [-0.1, -0.05) is 12.2 Å². The smallest absolute Gasteiger partial charge is 0.180 e. The second-order valence-electron chi connectivity index (χ2n) is 5.37. The Bertz CT molecular complexity index is 671. The third-order valence-electron chi connectivity index (χ3n) is 3.79. The number of thiazole rings is 1. The first kappa shape index (κ1) is 14.9. The highest BCUT2D eigenvalue weighted by molar-refractivity contribution is 7.15. The molecule has 0 fully saturated rings. The molecule has 0 aliphatic carbocycles. The van der Waals surface area contributed by atoms with Crippen LogP contribution in [0.1, 0.15) is 16.1 Å². The van der Waals surface area contributed by atoms with Crippen LogP contribution in [0.3, 0.4) is 0 Å². The highest BCUT2D eigenvalue weighted by atomic mass is 32.1. The van der Waals surface area contributed by atoms with Gasteiger partial charge in [-0.05, 0) is 24.6 Å². The standard InChI is InChI=1S/C16H19N3O2S/c17-16-18-13-5-8-19(9-6-15(13)22-16)7-1-2-11-10-12(20)3-4-14(11)21/h1-4,10,20-21H,5-9H2,(H2,17,18)/b2-1+. The summed E-state index contributed by atoms with van der Waals surface area (Å²) in [5.74, 6) is 0.326. The molecule has 1 aliphatic rings. The molecule has 0 bridgehead atoms. The van der Waals surface area contributed by atoms with Gasteiger partial charge in [-0.2, -0.15) is 0 Å². The molecule has 0 amide bonds. The van der Waals surface area contributed by atoms with Crippen LogP contribution in [0, 0.1) is 0 Å². The molecule has 2 aromatic rings. The number of nitrogens with zero attached hydrogens (tertiary/aromatic N) is 2. The van der Waals surface area contributed by atoms with Crippen LogP contribution in [-0.4, -0.2) is 39.7 Å². The average Bonchev–Trinajstić information content (AvgIpc) is 2.75. The summed E-state index contributed by atoms with van der Waals surface area (Å²) in [6.07, 6.45) is 5.76. The number of rotatable bonds is 3. The maximum atomic E-state index is 9.74. The molecular weight excluding hydrogens is 298 g/mol. The molecule has 116 valence electrons. The van der Waals surface area contributed by atoms with Crippen molar-refractivity contribution in [2.24, 2.45) is 0 Å². The number of nitrogens with two attached hydrogens (primary N) is 1. The van der Waals surface area contributed by atoms with Crippen LogP contribution in [0.25, 0.3) is 6.08 Å². The summed E-state index contributed by atoms with van der Waals surface area (Å²) in [5, 5.41) is 19.9. The second kappa shape index (κ2) is 6.37. The predicted molar refractivity (Wildman–Crippen MR) is 89.2 cm³/mol. The summed E-state index contributed by atoms with van der Waals surface area (Å²) in [6, 6.07) is 4.52. The molecule has 22 heavy (non-hydrogen) atoms. The maximum absolute atomic E-state index is 9.74. The Morgan fingerprint density at radius 1 is 1.27 bits per heavy atom. The van der Waals surface area contributed by atoms with Crippen molar-refractivity contribution in [1.29, 1.82) is 0 Å². The van der Waals surface area contributed by atoms with E-state index in [9.17, 15) is 10.2 Å². The lowest BCUT2D eigenvalue weighted by molar-refractivity contribution is 0.318. The maximum Gasteiger partial charge on any atom is 0.180 e. The first-order valence-corrected chi connectivity index (χ1v) is 8.08. The third kappa shape index (κ3) is 3.40. The topological polar surface area (TPSA) is 82.6 Å². The molecule has 4 N–H and O–H groups in total. The fourth-order valence-electron chi connectivity index (χ4n) is 2.62. The molecule has 0 saturated heterocycles. The Balaban J connectivity index is 1.59. The predicted octanol–water partition coefficient (Wildman–Crippen LogP) is 2.25. The van der Waals surface area contributed by atoms with E-state index in [0.717, 1.165) is 38.2 Å². The number of fused-ring (bicyclic) bond motifs is 1. The summed E-state index contributed by atoms with van der Waals surface area (Å²) in [7, 11) is 0. The van der Waals surface area contributed by atoms with Crippen LogP contribution in [0.5, 0.6) is 11.5 Å². The zero-order valence-electron chi connectivity index (χ0n) is 12.2. The summed E-state index contributed by atoms with van der Waals surface area (Å²) < 4.78 is 0. The lowest BCUT2D eigenvalue weighted by atomic mass is 10.1. The molecule has 0 saturated carbocycles. The van der Waals surface area contributed by atoms with Crippen molar-refractivity contribution in [3.8, 4) is 11.5 Å². The van der Waals surface area contributed by atoms with Gasteiger partial charge in [0, 0.05) is 36.5 Å². The highest BCUT2D eigenvalue weighted by Gasteiger charge is 2.16. The van der Waals surface area contributed by atoms with Gasteiger partial charge in [-0.3, -0.25) is 4.90 Å². The Kier molecular flexibility index (Phi) is 4.31. The van der Waals surface area contributed by atoms with Crippen molar-refractivity contribution in [1.82, 2.24) is 9.88 Å². The van der Waals surface area contributed by atoms with Crippen LogP contribution >= 0.6 is 11.3 Å². The van der Waals surface area contributed by atoms with Crippen LogP contribution in [-0.2, 0) is 12.8 Å². The number of aromatic nitrogens is 1. The Morgan fingerprint density at radius 2 is 2.09 bits per heavy atom. The third-order valence-corrected chi connectivity index (χ3v) is 4.77. The van der Waals surface area contributed by atoms with Crippen LogP contribution in [0.15, 0.2) is 24.3 Å². The van der Waals surface area contributed by atoms with Crippen LogP contribution < -0.4 is 5.73 Å². The molecule has 6 heteroatoms. The first-order valence-electron chi connectivity index (χ1n) is 7.27. The van der Waals surface area contributed by atoms with E-state index in [-0.39, 0.29) is 11.5 Å². The Hall–Kier alpha value is -2.05. The molecule has 1 aromatic heterocycles. The molecule has 5 nitrogen and oxygen atoms in total. The molecule has 2 heterocycles. The number of phenolic OH excluding ortho intramolecular Hbond substituents is 2. The van der Waals surface area contributed by atoms with Gasteiger partial charge in [0.25, 0.3) is 0 Å². The normalized spacial score (nSPS) is 15.8. The van der Waals surface area contributed by atoms with Gasteiger partial charge >= 0.3 is 0 Å². The van der Waals surface area contributed by atoms with E-state index in [2.05, 4.69) is 9.88 Å². The van der Waals surface area contributed by atoms with Gasteiger partial charge in [0.05, 0.1) is 5.69 Å². The Labute approximate surface area is 133 Å². The number of benzene rings is 1. The van der Waals surface area contributed by atoms with Gasteiger partial charge in [0.2, 0.25) is 0 Å². The van der Waals surface area contributed by atoms with E-state index >= 15 is 0 Å². The number of hydrogen-bond acceptors (Lipinski definition) is 6. The molecule has 3 rings (SSSR count). The fourth-order valence-corrected chi connectivity index (χ4v) is 3.48. The van der Waals surface area contributed by atoms with E-state index < -0.39 is 0 Å². The van der Waals surface area contributed by atoms with Gasteiger partial charge in [-0.25, -0.2) is 4.98 Å². The minimum atomic E-state index is 0.153. The van der Waals surface area contributed by atoms with Gasteiger partial charge in [0.1, 0.15) is 11.5 Å². The van der Waals surface area contributed by atoms with E-state index in [1.165, 1.54) is 17.0 Å². The summed E-state index contributed by atoms with van der Waals surface area (Å²) in [5.41, 5.74) is 7.52. The first-order chi connectivity index (χ1) is 10.6. The quantitative estimate of drug-likeness (QED) is 0.756. The van der Waals surface area contributed by atoms with Crippen molar-refractivity contribution in [2.45, 2.75) is 12.8 Å². The number of phenols is 2. The SMILES string of the molecule is Nc1nc2c(s1)CCN(C/C=C/c1cc(O)ccc1O)CC2. The Morgan fingerprint density at radius 3 is 2.95 bits per heavy atom. The van der Waals surface area contributed by atoms with Crippen molar-refractivity contribution in [2.75, 3.05) is 25.4 Å². The number of anilines is 1. The molecule has 0 atom stereocenters. The molecule has 0 unspecified atom stereocenters. The van der Waals surface area contributed by atoms with E-state index in [0.29, 0.717) is 10.7 Å². The van der Waals surface area contributed by atoms with Crippen molar-refractivity contribution in [3.05, 3.63) is 40.4 Å². The minimum absolute atomic E-state index is 0.153. The van der Waals surface area contributed by atoms with E-state index in [1.54, 1.807) is 17.4 Å². The lowest BCUT2D eigenvalue weighted by Gasteiger charge is -2.17. The molecule has 1 aromatic carbocycles. The average molecular weight is 317 g/mol. The number of nitrogen functional groups attached to an aromatic ring is 1. The molecular formula is C16H19N3O2S. The number of hydrogen-bond donors (Lipinski definition) is 3. The van der Waals surface area contributed by atoms with Gasteiger partial charge in [-0.15, -0.1) is 11.3 Å².